The number of carboxylic acid groups (broad SMARTS) is 1. The first kappa shape index (κ1) is 33.8. The van der Waals surface area contributed by atoms with Crippen molar-refractivity contribution < 1.29 is 45.8 Å². The molecule has 44 heavy (non-hydrogen) atoms. The molecule has 1 N–H and O–H groups in total. The van der Waals surface area contributed by atoms with E-state index in [0.29, 0.717) is 36.4 Å². The molecule has 0 atom stereocenters. The van der Waals surface area contributed by atoms with E-state index in [1.807, 2.05) is 13.8 Å². The Hall–Kier alpha value is -3.09. The smallest absolute Gasteiger partial charge is 0.433 e. The maximum absolute atomic E-state index is 14.6. The fourth-order valence-corrected chi connectivity index (χ4v) is 6.55. The molecular formula is C30H34ClF6N3O4. The van der Waals surface area contributed by atoms with E-state index in [-0.39, 0.29) is 31.1 Å². The number of carbonyl (C=O) groups excluding carboxylic acids is 2. The number of nitrogens with zero attached hydrogens (tertiary/aromatic N) is 3. The highest BCUT2D eigenvalue weighted by Crippen LogP contribution is 2.44. The molecule has 4 rings (SSSR count). The molecule has 2 aromatic rings. The maximum atomic E-state index is 14.6. The summed E-state index contributed by atoms with van der Waals surface area (Å²) in [6, 6.07) is 1.27. The van der Waals surface area contributed by atoms with E-state index in [4.69, 9.17) is 11.6 Å². The molecule has 2 aliphatic carbocycles. The molecule has 2 aliphatic rings. The predicted molar refractivity (Wildman–Crippen MR) is 148 cm³/mol. The number of carbonyl (C=O) groups is 3. The van der Waals surface area contributed by atoms with Crippen LogP contribution in [-0.4, -0.2) is 50.0 Å². The first-order chi connectivity index (χ1) is 20.2. The average molecular weight is 650 g/mol. The van der Waals surface area contributed by atoms with Crippen molar-refractivity contribution in [3.63, 3.8) is 0 Å². The van der Waals surface area contributed by atoms with Crippen molar-refractivity contribution in [1.29, 1.82) is 0 Å². The first-order valence-electron chi connectivity index (χ1n) is 14.3. The van der Waals surface area contributed by atoms with E-state index in [1.54, 1.807) is 0 Å². The van der Waals surface area contributed by atoms with Gasteiger partial charge >= 0.3 is 18.3 Å². The number of aliphatic carboxylic acids is 1. The quantitative estimate of drug-likeness (QED) is 0.242. The van der Waals surface area contributed by atoms with Crippen LogP contribution in [0.1, 0.15) is 110 Å². The van der Waals surface area contributed by atoms with Crippen LogP contribution in [0.2, 0.25) is 5.02 Å². The molecule has 2 fully saturated rings. The number of halogens is 7. The normalized spacial score (nSPS) is 22.9. The van der Waals surface area contributed by atoms with E-state index < -0.39 is 81.5 Å². The molecule has 2 saturated carbocycles. The van der Waals surface area contributed by atoms with Crippen molar-refractivity contribution in [2.24, 2.45) is 10.8 Å². The van der Waals surface area contributed by atoms with Gasteiger partial charge in [0.25, 0.3) is 5.91 Å². The van der Waals surface area contributed by atoms with Crippen molar-refractivity contribution in [2.45, 2.75) is 96.6 Å². The minimum atomic E-state index is -5.05. The maximum Gasteiger partial charge on any atom is 0.433 e. The third-order valence-corrected chi connectivity index (χ3v) is 9.45. The molecule has 14 heteroatoms. The number of benzene rings is 1. The molecule has 0 spiro atoms. The van der Waals surface area contributed by atoms with Gasteiger partial charge in [0.15, 0.2) is 11.5 Å². The topological polar surface area (TPSA) is 92.5 Å². The van der Waals surface area contributed by atoms with Crippen LogP contribution in [0.5, 0.6) is 0 Å². The number of hydrogen-bond donors (Lipinski definition) is 1. The molecule has 1 amide bonds. The van der Waals surface area contributed by atoms with Gasteiger partial charge in [-0.25, -0.2) is 0 Å². The van der Waals surface area contributed by atoms with Gasteiger partial charge in [0.2, 0.25) is 0 Å². The second-order valence-corrected chi connectivity index (χ2v) is 13.3. The lowest BCUT2D eigenvalue weighted by atomic mass is 9.74. The largest absolute Gasteiger partial charge is 0.481 e. The second-order valence-electron chi connectivity index (χ2n) is 12.9. The number of alkyl halides is 6. The molecule has 7 nitrogen and oxygen atoms in total. The van der Waals surface area contributed by atoms with E-state index in [9.17, 15) is 45.8 Å². The molecule has 1 aromatic carbocycles. The lowest BCUT2D eigenvalue weighted by Gasteiger charge is -2.40. The number of amides is 1. The number of hydrogen-bond acceptors (Lipinski definition) is 4. The summed E-state index contributed by atoms with van der Waals surface area (Å²) in [5, 5.41) is 12.9. The standard InChI is InChI=1S/C30H34ClF6N3O4/c1-27(2)11-7-17(8-12-27)39(16-22(41)23-20(29(32,33)34)5-4-6-21(23)31)25(42)19-15-38-40(24(19)30(35,36)37)18-9-13-28(3,14-10-18)26(43)44/h4-6,15,17-18H,7-14,16H2,1-3H3,(H,43,44). The molecule has 0 unspecified atom stereocenters. The number of Topliss-reactive ketones (excluding diaryl/α,β-unsaturated/α-hetero) is 1. The lowest BCUT2D eigenvalue weighted by molar-refractivity contribution is -0.152. The number of carboxylic acids is 1. The van der Waals surface area contributed by atoms with Crippen LogP contribution in [0.25, 0.3) is 0 Å². The summed E-state index contributed by atoms with van der Waals surface area (Å²) in [6.07, 6.45) is -7.06. The highest BCUT2D eigenvalue weighted by atomic mass is 35.5. The zero-order valence-corrected chi connectivity index (χ0v) is 25.2. The van der Waals surface area contributed by atoms with E-state index in [2.05, 4.69) is 5.10 Å². The van der Waals surface area contributed by atoms with E-state index >= 15 is 0 Å². The van der Waals surface area contributed by atoms with Crippen molar-refractivity contribution >= 4 is 29.3 Å². The Morgan fingerprint density at radius 2 is 1.57 bits per heavy atom. The van der Waals surface area contributed by atoms with E-state index in [0.717, 1.165) is 23.2 Å². The average Bonchev–Trinajstić information content (AvgIpc) is 3.37. The molecule has 242 valence electrons. The van der Waals surface area contributed by atoms with Crippen LogP contribution < -0.4 is 0 Å². The molecule has 0 aliphatic heterocycles. The molecular weight excluding hydrogens is 616 g/mol. The monoisotopic (exact) mass is 649 g/mol. The van der Waals surface area contributed by atoms with Gasteiger partial charge in [0, 0.05) is 6.04 Å². The predicted octanol–water partition coefficient (Wildman–Crippen LogP) is 8.07. The minimum Gasteiger partial charge on any atom is -0.481 e. The van der Waals surface area contributed by atoms with Crippen molar-refractivity contribution in [3.8, 4) is 0 Å². The van der Waals surface area contributed by atoms with Crippen molar-refractivity contribution in [1.82, 2.24) is 14.7 Å². The van der Waals surface area contributed by atoms with Gasteiger partial charge in [-0.05, 0) is 75.8 Å². The summed E-state index contributed by atoms with van der Waals surface area (Å²) in [7, 11) is 0. The zero-order valence-electron chi connectivity index (χ0n) is 24.5. The third kappa shape index (κ3) is 6.92. The summed E-state index contributed by atoms with van der Waals surface area (Å²) in [5.41, 5.74) is -5.55. The van der Waals surface area contributed by atoms with Crippen LogP contribution >= 0.6 is 11.6 Å². The van der Waals surface area contributed by atoms with Crippen LogP contribution in [0.4, 0.5) is 26.3 Å². The van der Waals surface area contributed by atoms with Crippen molar-refractivity contribution in [3.05, 3.63) is 51.8 Å². The molecule has 0 radical (unpaired) electrons. The van der Waals surface area contributed by atoms with Gasteiger partial charge in [-0.2, -0.15) is 31.4 Å². The highest BCUT2D eigenvalue weighted by Gasteiger charge is 2.46. The van der Waals surface area contributed by atoms with Gasteiger partial charge in [-0.1, -0.05) is 31.5 Å². The van der Waals surface area contributed by atoms with Crippen LogP contribution in [0.15, 0.2) is 24.4 Å². The zero-order chi connectivity index (χ0) is 32.8. The molecule has 0 bridgehead atoms. The van der Waals surface area contributed by atoms with Gasteiger partial charge < -0.3 is 10.0 Å². The molecule has 0 saturated heterocycles. The van der Waals surface area contributed by atoms with Gasteiger partial charge in [0.05, 0.1) is 45.9 Å². The first-order valence-corrected chi connectivity index (χ1v) is 14.7. The highest BCUT2D eigenvalue weighted by molar-refractivity contribution is 6.34. The van der Waals surface area contributed by atoms with Crippen LogP contribution in [0, 0.1) is 10.8 Å². The van der Waals surface area contributed by atoms with Crippen LogP contribution in [0.3, 0.4) is 0 Å². The molecule has 1 heterocycles. The lowest BCUT2D eigenvalue weighted by Crippen LogP contribution is -2.46. The summed E-state index contributed by atoms with van der Waals surface area (Å²) in [4.78, 5) is 40.0. The van der Waals surface area contributed by atoms with Crippen LogP contribution in [-0.2, 0) is 17.1 Å². The SMILES string of the molecule is CC1(C)CCC(N(CC(=O)c2c(Cl)cccc2C(F)(F)F)C(=O)c2cnn(C3CCC(C)(C(=O)O)CC3)c2C(F)(F)F)CC1. The van der Waals surface area contributed by atoms with Gasteiger partial charge in [-0.3, -0.25) is 19.1 Å². The minimum absolute atomic E-state index is 0.0772. The molecule has 1 aromatic heterocycles. The third-order valence-electron chi connectivity index (χ3n) is 9.14. The number of rotatable bonds is 7. The summed E-state index contributed by atoms with van der Waals surface area (Å²) in [6.45, 7) is 4.59. The fourth-order valence-electron chi connectivity index (χ4n) is 6.27. The Morgan fingerprint density at radius 3 is 2.09 bits per heavy atom. The van der Waals surface area contributed by atoms with E-state index in [1.165, 1.54) is 6.92 Å². The number of ketones is 1. The fraction of sp³-hybridized carbons (Fsp3) is 0.600. The van der Waals surface area contributed by atoms with Gasteiger partial charge in [0.1, 0.15) is 0 Å². The Bertz CT molecular complexity index is 1420. The van der Waals surface area contributed by atoms with Gasteiger partial charge in [-0.15, -0.1) is 0 Å². The van der Waals surface area contributed by atoms with Crippen molar-refractivity contribution in [2.75, 3.05) is 6.54 Å². The summed E-state index contributed by atoms with van der Waals surface area (Å²) in [5.74, 6) is -3.37. The number of aromatic nitrogens is 2. The Morgan fingerprint density at radius 1 is 0.977 bits per heavy atom. The summed E-state index contributed by atoms with van der Waals surface area (Å²) < 4.78 is 85.8. The second kappa shape index (κ2) is 12.0. The Labute approximate surface area is 255 Å². The Balaban J connectivity index is 1.73. The summed E-state index contributed by atoms with van der Waals surface area (Å²) >= 11 is 6.02. The Kier molecular flexibility index (Phi) is 9.23.